The van der Waals surface area contributed by atoms with Gasteiger partial charge in [-0.25, -0.2) is 4.39 Å². The second kappa shape index (κ2) is 6.49. The Kier molecular flexibility index (Phi) is 4.90. The maximum Gasteiger partial charge on any atom is 0.416 e. The highest BCUT2D eigenvalue weighted by molar-refractivity contribution is 7.99. The van der Waals surface area contributed by atoms with Gasteiger partial charge in [0.15, 0.2) is 0 Å². The number of nitrogens with two attached hydrogens (primary N) is 1. The second-order valence-electron chi connectivity index (χ2n) is 4.49. The van der Waals surface area contributed by atoms with Crippen LogP contribution in [0.2, 0.25) is 0 Å². The molecular weight excluding hydrogens is 302 g/mol. The molecule has 2 rings (SSSR count). The number of hydrogen-bond donors (Lipinski definition) is 1. The molecule has 0 fully saturated rings. The predicted molar refractivity (Wildman–Crippen MR) is 75.5 cm³/mol. The molecule has 0 aromatic heterocycles. The fourth-order valence-corrected chi connectivity index (χ4v) is 2.63. The van der Waals surface area contributed by atoms with Crippen molar-refractivity contribution in [1.82, 2.24) is 0 Å². The van der Waals surface area contributed by atoms with Gasteiger partial charge in [0.05, 0.1) is 5.56 Å². The van der Waals surface area contributed by atoms with Gasteiger partial charge in [0.1, 0.15) is 5.82 Å². The zero-order valence-electron chi connectivity index (χ0n) is 10.9. The van der Waals surface area contributed by atoms with Crippen molar-refractivity contribution in [2.24, 2.45) is 5.73 Å². The van der Waals surface area contributed by atoms with Crippen molar-refractivity contribution in [3.8, 4) is 0 Å². The predicted octanol–water partition coefficient (Wildman–Crippen LogP) is 4.64. The molecule has 0 radical (unpaired) electrons. The summed E-state index contributed by atoms with van der Waals surface area (Å²) in [7, 11) is 0. The van der Waals surface area contributed by atoms with Crippen molar-refractivity contribution in [3.05, 3.63) is 65.5 Å². The summed E-state index contributed by atoms with van der Waals surface area (Å²) in [6, 6.07) is 10.4. The third kappa shape index (κ3) is 4.47. The smallest absolute Gasteiger partial charge is 0.323 e. The summed E-state index contributed by atoms with van der Waals surface area (Å²) in [5, 5.41) is 0. The summed E-state index contributed by atoms with van der Waals surface area (Å²) in [4.78, 5) is 0.860. The fourth-order valence-electron chi connectivity index (χ4n) is 1.73. The van der Waals surface area contributed by atoms with E-state index in [-0.39, 0.29) is 11.9 Å². The van der Waals surface area contributed by atoms with Crippen LogP contribution in [0.4, 0.5) is 17.6 Å². The van der Waals surface area contributed by atoms with E-state index in [0.717, 1.165) is 17.0 Å². The first-order valence-electron chi connectivity index (χ1n) is 6.17. The molecule has 0 spiro atoms. The van der Waals surface area contributed by atoms with Crippen LogP contribution in [0.3, 0.4) is 0 Å². The van der Waals surface area contributed by atoms with Gasteiger partial charge < -0.3 is 5.73 Å². The Morgan fingerprint density at radius 2 is 1.52 bits per heavy atom. The lowest BCUT2D eigenvalue weighted by atomic mass is 10.1. The molecule has 0 amide bonds. The van der Waals surface area contributed by atoms with Crippen molar-refractivity contribution in [2.75, 3.05) is 5.75 Å². The average molecular weight is 315 g/mol. The molecule has 1 nitrogen and oxygen atoms in total. The highest BCUT2D eigenvalue weighted by Crippen LogP contribution is 2.30. The van der Waals surface area contributed by atoms with Crippen molar-refractivity contribution < 1.29 is 17.6 Å². The molecule has 0 saturated carbocycles. The summed E-state index contributed by atoms with van der Waals surface area (Å²) in [6.45, 7) is 0. The quantitative estimate of drug-likeness (QED) is 0.657. The van der Waals surface area contributed by atoms with Crippen molar-refractivity contribution >= 4 is 11.8 Å². The van der Waals surface area contributed by atoms with Gasteiger partial charge in [-0.05, 0) is 42.0 Å². The minimum absolute atomic E-state index is 0.314. The van der Waals surface area contributed by atoms with Crippen LogP contribution in [-0.4, -0.2) is 5.75 Å². The third-order valence-electron chi connectivity index (χ3n) is 2.91. The van der Waals surface area contributed by atoms with Crippen molar-refractivity contribution in [2.45, 2.75) is 17.1 Å². The molecule has 0 aliphatic carbocycles. The Labute approximate surface area is 124 Å². The second-order valence-corrected chi connectivity index (χ2v) is 5.58. The van der Waals surface area contributed by atoms with Gasteiger partial charge in [-0.3, -0.25) is 0 Å². The van der Waals surface area contributed by atoms with Crippen LogP contribution in [0, 0.1) is 5.82 Å². The van der Waals surface area contributed by atoms with Gasteiger partial charge in [-0.2, -0.15) is 13.2 Å². The first-order chi connectivity index (χ1) is 9.86. The van der Waals surface area contributed by atoms with E-state index in [1.54, 1.807) is 12.1 Å². The van der Waals surface area contributed by atoms with Crippen LogP contribution >= 0.6 is 11.8 Å². The minimum atomic E-state index is -4.34. The SMILES string of the molecule is NC(CSc1ccc(F)cc1)c1ccc(C(F)(F)F)cc1. The summed E-state index contributed by atoms with van der Waals surface area (Å²) < 4.78 is 50.1. The fraction of sp³-hybridized carbons (Fsp3) is 0.200. The van der Waals surface area contributed by atoms with Crippen molar-refractivity contribution in [3.63, 3.8) is 0 Å². The highest BCUT2D eigenvalue weighted by Gasteiger charge is 2.30. The molecule has 2 aromatic rings. The lowest BCUT2D eigenvalue weighted by Gasteiger charge is -2.13. The lowest BCUT2D eigenvalue weighted by molar-refractivity contribution is -0.137. The maximum atomic E-state index is 12.8. The van der Waals surface area contributed by atoms with E-state index in [4.69, 9.17) is 5.73 Å². The number of hydrogen-bond acceptors (Lipinski definition) is 2. The van der Waals surface area contributed by atoms with E-state index >= 15 is 0 Å². The minimum Gasteiger partial charge on any atom is -0.323 e. The first kappa shape index (κ1) is 15.9. The molecule has 0 heterocycles. The molecule has 112 valence electrons. The van der Waals surface area contributed by atoms with E-state index in [0.29, 0.717) is 11.3 Å². The highest BCUT2D eigenvalue weighted by atomic mass is 32.2. The van der Waals surface area contributed by atoms with Crippen molar-refractivity contribution in [1.29, 1.82) is 0 Å². The normalized spacial score (nSPS) is 13.2. The molecule has 2 N–H and O–H groups in total. The summed E-state index contributed by atoms with van der Waals surface area (Å²) in [5.41, 5.74) is 5.90. The van der Waals surface area contributed by atoms with E-state index in [9.17, 15) is 17.6 Å². The third-order valence-corrected chi connectivity index (χ3v) is 4.04. The molecule has 21 heavy (non-hydrogen) atoms. The monoisotopic (exact) mass is 315 g/mol. The van der Waals surface area contributed by atoms with Crippen LogP contribution in [-0.2, 0) is 6.18 Å². The van der Waals surface area contributed by atoms with Crippen LogP contribution in [0.15, 0.2) is 53.4 Å². The molecule has 2 aromatic carbocycles. The van der Waals surface area contributed by atoms with Crippen LogP contribution in [0.25, 0.3) is 0 Å². The topological polar surface area (TPSA) is 26.0 Å². The average Bonchev–Trinajstić information content (AvgIpc) is 2.45. The Hall–Kier alpha value is -1.53. The number of rotatable bonds is 4. The molecular formula is C15H13F4NS. The number of benzene rings is 2. The summed E-state index contributed by atoms with van der Waals surface area (Å²) in [6.07, 6.45) is -4.34. The largest absolute Gasteiger partial charge is 0.416 e. The van der Waals surface area contributed by atoms with E-state index < -0.39 is 11.7 Å². The summed E-state index contributed by atoms with van der Waals surface area (Å²) in [5.74, 6) is 0.183. The van der Waals surface area contributed by atoms with E-state index in [1.165, 1.54) is 36.0 Å². The summed E-state index contributed by atoms with van der Waals surface area (Å²) >= 11 is 1.43. The van der Waals surface area contributed by atoms with Crippen LogP contribution in [0.1, 0.15) is 17.2 Å². The molecule has 1 unspecified atom stereocenters. The Balaban J connectivity index is 1.97. The van der Waals surface area contributed by atoms with Gasteiger partial charge in [0, 0.05) is 16.7 Å². The van der Waals surface area contributed by atoms with E-state index in [2.05, 4.69) is 0 Å². The number of alkyl halides is 3. The Bertz CT molecular complexity index is 578. The molecule has 0 aliphatic rings. The number of halogens is 4. The standard InChI is InChI=1S/C15H13F4NS/c16-12-5-7-13(8-6-12)21-9-14(20)10-1-3-11(4-2-10)15(17,18)19/h1-8,14H,9,20H2. The number of thioether (sulfide) groups is 1. The van der Waals surface area contributed by atoms with Crippen LogP contribution < -0.4 is 5.73 Å². The zero-order chi connectivity index (χ0) is 15.5. The zero-order valence-corrected chi connectivity index (χ0v) is 11.7. The van der Waals surface area contributed by atoms with Gasteiger partial charge in [-0.1, -0.05) is 12.1 Å². The van der Waals surface area contributed by atoms with Gasteiger partial charge >= 0.3 is 6.18 Å². The van der Waals surface area contributed by atoms with Gasteiger partial charge in [-0.15, -0.1) is 11.8 Å². The molecule has 0 aliphatic heterocycles. The molecule has 1 atom stereocenters. The molecule has 0 bridgehead atoms. The Morgan fingerprint density at radius 1 is 0.952 bits per heavy atom. The molecule has 6 heteroatoms. The first-order valence-corrected chi connectivity index (χ1v) is 7.16. The van der Waals surface area contributed by atoms with Gasteiger partial charge in [0.2, 0.25) is 0 Å². The lowest BCUT2D eigenvalue weighted by Crippen LogP contribution is -2.13. The van der Waals surface area contributed by atoms with Gasteiger partial charge in [0.25, 0.3) is 0 Å². The Morgan fingerprint density at radius 3 is 2.05 bits per heavy atom. The van der Waals surface area contributed by atoms with E-state index in [1.807, 2.05) is 0 Å². The van der Waals surface area contributed by atoms with Crippen LogP contribution in [0.5, 0.6) is 0 Å². The maximum absolute atomic E-state index is 12.8. The molecule has 0 saturated heterocycles.